The van der Waals surface area contributed by atoms with Crippen LogP contribution in [-0.2, 0) is 14.3 Å². The first-order valence-corrected chi connectivity index (χ1v) is 7.10. The number of anilines is 1. The molecule has 3 rings (SSSR count). The zero-order chi connectivity index (χ0) is 14.7. The van der Waals surface area contributed by atoms with Gasteiger partial charge in [0.15, 0.2) is 17.9 Å². The molecular formula is C14H18FN3O3. The molecule has 6 nitrogen and oxygen atoms in total. The standard InChI is InChI=1S/C14H18FN3O3/c15-11-2-1-4-16-14(11)18-5-3-10(9-18)17-12(19)8-13-20-6-7-21-13/h1-2,4,10,13H,3,5-9H2,(H,17,19). The Hall–Kier alpha value is -1.73. The predicted octanol–water partition coefficient (Wildman–Crippen LogP) is 0.679. The first-order valence-electron chi connectivity index (χ1n) is 7.10. The molecule has 0 saturated carbocycles. The van der Waals surface area contributed by atoms with E-state index >= 15 is 0 Å². The minimum atomic E-state index is -0.434. The second kappa shape index (κ2) is 6.36. The van der Waals surface area contributed by atoms with Crippen LogP contribution in [0.25, 0.3) is 0 Å². The number of hydrogen-bond donors (Lipinski definition) is 1. The van der Waals surface area contributed by atoms with Gasteiger partial charge in [-0.05, 0) is 18.6 Å². The number of carbonyl (C=O) groups excluding carboxylic acids is 1. The Balaban J connectivity index is 1.50. The van der Waals surface area contributed by atoms with Gasteiger partial charge in [0.2, 0.25) is 5.91 Å². The van der Waals surface area contributed by atoms with E-state index in [0.717, 1.165) is 6.42 Å². The molecule has 21 heavy (non-hydrogen) atoms. The third-order valence-corrected chi connectivity index (χ3v) is 3.63. The minimum absolute atomic E-state index is 0.000286. The monoisotopic (exact) mass is 295 g/mol. The Morgan fingerprint density at radius 2 is 2.29 bits per heavy atom. The molecule has 0 spiro atoms. The third kappa shape index (κ3) is 3.48. The Kier molecular flexibility index (Phi) is 4.31. The molecule has 2 fully saturated rings. The summed E-state index contributed by atoms with van der Waals surface area (Å²) in [5.74, 6) is -0.0933. The topological polar surface area (TPSA) is 63.7 Å². The number of pyridine rings is 1. The van der Waals surface area contributed by atoms with Gasteiger partial charge >= 0.3 is 0 Å². The number of halogens is 1. The van der Waals surface area contributed by atoms with Crippen LogP contribution < -0.4 is 10.2 Å². The van der Waals surface area contributed by atoms with Crippen molar-refractivity contribution in [3.05, 3.63) is 24.1 Å². The van der Waals surface area contributed by atoms with Crippen LogP contribution in [0.15, 0.2) is 18.3 Å². The van der Waals surface area contributed by atoms with Crippen molar-refractivity contribution in [1.82, 2.24) is 10.3 Å². The summed E-state index contributed by atoms with van der Waals surface area (Å²) in [5.41, 5.74) is 0. The number of nitrogens with zero attached hydrogens (tertiary/aromatic N) is 2. The second-order valence-corrected chi connectivity index (χ2v) is 5.18. The molecule has 7 heteroatoms. The largest absolute Gasteiger partial charge is 0.352 e. The van der Waals surface area contributed by atoms with Gasteiger partial charge in [-0.3, -0.25) is 4.79 Å². The molecule has 2 aliphatic heterocycles. The van der Waals surface area contributed by atoms with E-state index in [1.54, 1.807) is 12.3 Å². The van der Waals surface area contributed by atoms with Crippen molar-refractivity contribution < 1.29 is 18.7 Å². The molecule has 0 bridgehead atoms. The van der Waals surface area contributed by atoms with Gasteiger partial charge in [0.25, 0.3) is 0 Å². The van der Waals surface area contributed by atoms with Crippen molar-refractivity contribution in [2.45, 2.75) is 25.2 Å². The van der Waals surface area contributed by atoms with Gasteiger partial charge < -0.3 is 19.7 Å². The lowest BCUT2D eigenvalue weighted by molar-refractivity contribution is -0.130. The van der Waals surface area contributed by atoms with E-state index in [0.29, 0.717) is 32.1 Å². The van der Waals surface area contributed by atoms with Crippen molar-refractivity contribution in [2.24, 2.45) is 0 Å². The molecular weight excluding hydrogens is 277 g/mol. The molecule has 2 saturated heterocycles. The van der Waals surface area contributed by atoms with Crippen LogP contribution in [0.4, 0.5) is 10.2 Å². The molecule has 1 N–H and O–H groups in total. The first-order chi connectivity index (χ1) is 10.2. The summed E-state index contributed by atoms with van der Waals surface area (Å²) in [6.07, 6.45) is 2.11. The van der Waals surface area contributed by atoms with Crippen molar-refractivity contribution in [1.29, 1.82) is 0 Å². The van der Waals surface area contributed by atoms with Crippen molar-refractivity contribution in [2.75, 3.05) is 31.2 Å². The van der Waals surface area contributed by atoms with E-state index in [-0.39, 0.29) is 24.2 Å². The fraction of sp³-hybridized carbons (Fsp3) is 0.571. The average molecular weight is 295 g/mol. The smallest absolute Gasteiger partial charge is 0.225 e. The highest BCUT2D eigenvalue weighted by atomic mass is 19.1. The average Bonchev–Trinajstić information content (AvgIpc) is 3.11. The minimum Gasteiger partial charge on any atom is -0.352 e. The van der Waals surface area contributed by atoms with Gasteiger partial charge in [0.05, 0.1) is 19.6 Å². The zero-order valence-corrected chi connectivity index (χ0v) is 11.6. The molecule has 1 amide bonds. The molecule has 1 aromatic heterocycles. The number of carbonyl (C=O) groups is 1. The lowest BCUT2D eigenvalue weighted by Gasteiger charge is -2.18. The maximum Gasteiger partial charge on any atom is 0.225 e. The SMILES string of the molecule is O=C(CC1OCCO1)NC1CCN(c2ncccc2F)C1. The van der Waals surface area contributed by atoms with Crippen molar-refractivity contribution >= 4 is 11.7 Å². The number of aromatic nitrogens is 1. The van der Waals surface area contributed by atoms with E-state index in [2.05, 4.69) is 10.3 Å². The lowest BCUT2D eigenvalue weighted by atomic mass is 10.2. The fourth-order valence-electron chi connectivity index (χ4n) is 2.64. The van der Waals surface area contributed by atoms with Gasteiger partial charge in [-0.25, -0.2) is 9.37 Å². The molecule has 0 radical (unpaired) electrons. The van der Waals surface area contributed by atoms with E-state index < -0.39 is 6.29 Å². The quantitative estimate of drug-likeness (QED) is 0.885. The van der Waals surface area contributed by atoms with Crippen LogP contribution in [0, 0.1) is 5.82 Å². The fourth-order valence-corrected chi connectivity index (χ4v) is 2.64. The summed E-state index contributed by atoms with van der Waals surface area (Å²) in [7, 11) is 0. The molecule has 0 aliphatic carbocycles. The maximum atomic E-state index is 13.7. The Labute approximate surface area is 122 Å². The third-order valence-electron chi connectivity index (χ3n) is 3.63. The molecule has 1 unspecified atom stereocenters. The number of rotatable bonds is 4. The molecule has 2 aliphatic rings. The van der Waals surface area contributed by atoms with Crippen LogP contribution >= 0.6 is 0 Å². The van der Waals surface area contributed by atoms with Crippen LogP contribution in [0.1, 0.15) is 12.8 Å². The Bertz CT molecular complexity index is 508. The van der Waals surface area contributed by atoms with E-state index in [1.807, 2.05) is 4.90 Å². The highest BCUT2D eigenvalue weighted by Crippen LogP contribution is 2.21. The van der Waals surface area contributed by atoms with Gasteiger partial charge in [-0.1, -0.05) is 0 Å². The van der Waals surface area contributed by atoms with Crippen molar-refractivity contribution in [3.63, 3.8) is 0 Å². The van der Waals surface area contributed by atoms with Crippen LogP contribution in [0.3, 0.4) is 0 Å². The molecule has 1 aromatic rings. The number of amides is 1. The number of nitrogens with one attached hydrogen (secondary N) is 1. The van der Waals surface area contributed by atoms with Gasteiger partial charge in [0, 0.05) is 25.3 Å². The number of ether oxygens (including phenoxy) is 2. The summed E-state index contributed by atoms with van der Waals surface area (Å²) < 4.78 is 24.2. The summed E-state index contributed by atoms with van der Waals surface area (Å²) in [5, 5.41) is 2.93. The molecule has 114 valence electrons. The maximum absolute atomic E-state index is 13.7. The van der Waals surface area contributed by atoms with E-state index in [9.17, 15) is 9.18 Å². The summed E-state index contributed by atoms with van der Waals surface area (Å²) in [6.45, 7) is 2.31. The predicted molar refractivity (Wildman–Crippen MR) is 73.3 cm³/mol. The zero-order valence-electron chi connectivity index (χ0n) is 11.6. The van der Waals surface area contributed by atoms with Gasteiger partial charge in [-0.2, -0.15) is 0 Å². The van der Waals surface area contributed by atoms with Gasteiger partial charge in [-0.15, -0.1) is 0 Å². The molecule has 1 atom stereocenters. The number of hydrogen-bond acceptors (Lipinski definition) is 5. The summed E-state index contributed by atoms with van der Waals surface area (Å²) >= 11 is 0. The van der Waals surface area contributed by atoms with Gasteiger partial charge in [0.1, 0.15) is 0 Å². The Morgan fingerprint density at radius 3 is 3.05 bits per heavy atom. The normalized spacial score (nSPS) is 22.7. The van der Waals surface area contributed by atoms with E-state index in [4.69, 9.17) is 9.47 Å². The van der Waals surface area contributed by atoms with Crippen molar-refractivity contribution in [3.8, 4) is 0 Å². The van der Waals surface area contributed by atoms with Crippen LogP contribution in [-0.4, -0.2) is 49.5 Å². The summed E-state index contributed by atoms with van der Waals surface area (Å²) in [4.78, 5) is 17.8. The molecule has 0 aromatic carbocycles. The first kappa shape index (κ1) is 14.2. The highest BCUT2D eigenvalue weighted by molar-refractivity contribution is 5.76. The lowest BCUT2D eigenvalue weighted by Crippen LogP contribution is -2.38. The highest BCUT2D eigenvalue weighted by Gasteiger charge is 2.28. The second-order valence-electron chi connectivity index (χ2n) is 5.18. The Morgan fingerprint density at radius 1 is 1.48 bits per heavy atom. The van der Waals surface area contributed by atoms with E-state index in [1.165, 1.54) is 6.07 Å². The molecule has 3 heterocycles. The van der Waals surface area contributed by atoms with Crippen LogP contribution in [0.2, 0.25) is 0 Å². The van der Waals surface area contributed by atoms with Crippen LogP contribution in [0.5, 0.6) is 0 Å². The summed E-state index contributed by atoms with van der Waals surface area (Å²) in [6, 6.07) is 2.96.